The molecule has 1 amide bonds. The van der Waals surface area contributed by atoms with Crippen LogP contribution >= 0.6 is 23.2 Å². The van der Waals surface area contributed by atoms with Crippen LogP contribution in [0.25, 0.3) is 0 Å². The fourth-order valence-electron chi connectivity index (χ4n) is 2.42. The minimum absolute atomic E-state index is 0.0824. The number of sulfonamides is 1. The SMILES string of the molecule is Cc1ccc([C@@H](C)NC(=O)CN(c2cccc(Cl)c2Cl)S(C)(=O)=O)cc1. The van der Waals surface area contributed by atoms with Gasteiger partial charge in [-0.05, 0) is 31.5 Å². The molecule has 0 aliphatic carbocycles. The monoisotopic (exact) mass is 414 g/mol. The molecule has 2 aromatic carbocycles. The number of nitrogens with one attached hydrogen (secondary N) is 1. The highest BCUT2D eigenvalue weighted by Gasteiger charge is 2.24. The van der Waals surface area contributed by atoms with Crippen LogP contribution in [0.15, 0.2) is 42.5 Å². The molecule has 0 aromatic heterocycles. The van der Waals surface area contributed by atoms with E-state index in [0.29, 0.717) is 0 Å². The maximum Gasteiger partial charge on any atom is 0.241 e. The first kappa shape index (κ1) is 20.6. The summed E-state index contributed by atoms with van der Waals surface area (Å²) in [5, 5.41) is 3.10. The van der Waals surface area contributed by atoms with Crippen molar-refractivity contribution in [3.63, 3.8) is 0 Å². The molecule has 0 heterocycles. The number of aryl methyl sites for hydroxylation is 1. The van der Waals surface area contributed by atoms with Gasteiger partial charge in [-0.3, -0.25) is 9.10 Å². The fourth-order valence-corrected chi connectivity index (χ4v) is 3.73. The van der Waals surface area contributed by atoms with Crippen LogP contribution in [0.1, 0.15) is 24.1 Å². The maximum absolute atomic E-state index is 12.4. The Morgan fingerprint density at radius 3 is 2.35 bits per heavy atom. The summed E-state index contributed by atoms with van der Waals surface area (Å²) >= 11 is 12.1. The highest BCUT2D eigenvalue weighted by molar-refractivity contribution is 7.92. The minimum Gasteiger partial charge on any atom is -0.348 e. The van der Waals surface area contributed by atoms with E-state index < -0.39 is 22.5 Å². The predicted octanol–water partition coefficient (Wildman–Crippen LogP) is 3.95. The van der Waals surface area contributed by atoms with E-state index in [9.17, 15) is 13.2 Å². The summed E-state index contributed by atoms with van der Waals surface area (Å²) in [6, 6.07) is 12.1. The highest BCUT2D eigenvalue weighted by Crippen LogP contribution is 2.33. The highest BCUT2D eigenvalue weighted by atomic mass is 35.5. The smallest absolute Gasteiger partial charge is 0.241 e. The minimum atomic E-state index is -3.73. The molecule has 140 valence electrons. The van der Waals surface area contributed by atoms with Gasteiger partial charge in [0.25, 0.3) is 0 Å². The average Bonchev–Trinajstić information content (AvgIpc) is 2.55. The zero-order valence-corrected chi connectivity index (χ0v) is 17.0. The standard InChI is InChI=1S/C18H20Cl2N2O3S/c1-12-7-9-14(10-8-12)13(2)21-17(23)11-22(26(3,24)25)16-6-4-5-15(19)18(16)20/h4-10,13H,11H2,1-3H3,(H,21,23)/t13-/m1/s1. The van der Waals surface area contributed by atoms with E-state index in [1.165, 1.54) is 6.07 Å². The lowest BCUT2D eigenvalue weighted by Gasteiger charge is -2.24. The van der Waals surface area contributed by atoms with E-state index in [4.69, 9.17) is 23.2 Å². The molecule has 1 atom stereocenters. The first-order chi connectivity index (χ1) is 12.1. The third kappa shape index (κ3) is 5.13. The van der Waals surface area contributed by atoms with E-state index in [1.54, 1.807) is 12.1 Å². The number of anilines is 1. The van der Waals surface area contributed by atoms with Crippen molar-refractivity contribution in [2.75, 3.05) is 17.1 Å². The van der Waals surface area contributed by atoms with Crippen molar-refractivity contribution in [1.82, 2.24) is 5.32 Å². The topological polar surface area (TPSA) is 66.5 Å². The third-order valence-electron chi connectivity index (χ3n) is 3.84. The van der Waals surface area contributed by atoms with Crippen molar-refractivity contribution in [2.45, 2.75) is 19.9 Å². The second-order valence-corrected chi connectivity index (χ2v) is 8.73. The van der Waals surface area contributed by atoms with Gasteiger partial charge in [-0.25, -0.2) is 8.42 Å². The Bertz CT molecular complexity index is 899. The quantitative estimate of drug-likeness (QED) is 0.777. The van der Waals surface area contributed by atoms with Crippen LogP contribution in [0.5, 0.6) is 0 Å². The van der Waals surface area contributed by atoms with Gasteiger partial charge in [-0.2, -0.15) is 0 Å². The molecule has 8 heteroatoms. The molecule has 2 rings (SSSR count). The van der Waals surface area contributed by atoms with Crippen LogP contribution in [0.2, 0.25) is 10.0 Å². The number of nitrogens with zero attached hydrogens (tertiary/aromatic N) is 1. The van der Waals surface area contributed by atoms with Gasteiger partial charge in [0, 0.05) is 0 Å². The number of hydrogen-bond donors (Lipinski definition) is 1. The van der Waals surface area contributed by atoms with Crippen molar-refractivity contribution in [3.8, 4) is 0 Å². The molecule has 0 spiro atoms. The summed E-state index contributed by atoms with van der Waals surface area (Å²) < 4.78 is 25.3. The molecule has 2 aromatic rings. The Hall–Kier alpha value is -1.76. The van der Waals surface area contributed by atoms with Crippen LogP contribution in [0, 0.1) is 6.92 Å². The van der Waals surface area contributed by atoms with Crippen molar-refractivity contribution >= 4 is 44.8 Å². The summed E-state index contributed by atoms with van der Waals surface area (Å²) in [5.74, 6) is -0.445. The Morgan fingerprint density at radius 1 is 1.15 bits per heavy atom. The summed E-state index contributed by atoms with van der Waals surface area (Å²) in [5.41, 5.74) is 2.21. The van der Waals surface area contributed by atoms with Crippen LogP contribution < -0.4 is 9.62 Å². The molecule has 5 nitrogen and oxygen atoms in total. The van der Waals surface area contributed by atoms with Crippen LogP contribution in [0.3, 0.4) is 0 Å². The van der Waals surface area contributed by atoms with E-state index >= 15 is 0 Å². The van der Waals surface area contributed by atoms with Crippen molar-refractivity contribution in [3.05, 3.63) is 63.6 Å². The lowest BCUT2D eigenvalue weighted by molar-refractivity contribution is -0.120. The number of amides is 1. The molecule has 0 radical (unpaired) electrons. The molecule has 0 unspecified atom stereocenters. The molecular formula is C18H20Cl2N2O3S. The second-order valence-electron chi connectivity index (χ2n) is 6.04. The normalized spacial score (nSPS) is 12.5. The summed E-state index contributed by atoms with van der Waals surface area (Å²) in [6.07, 6.45) is 1.01. The number of hydrogen-bond acceptors (Lipinski definition) is 3. The Kier molecular flexibility index (Phi) is 6.55. The van der Waals surface area contributed by atoms with Gasteiger partial charge in [0.15, 0.2) is 0 Å². The van der Waals surface area contributed by atoms with Crippen LogP contribution in [-0.2, 0) is 14.8 Å². The molecule has 0 bridgehead atoms. The number of rotatable bonds is 6. The maximum atomic E-state index is 12.4. The Labute approximate surface area is 164 Å². The molecule has 0 aliphatic heterocycles. The fraction of sp³-hybridized carbons (Fsp3) is 0.278. The van der Waals surface area contributed by atoms with Crippen molar-refractivity contribution < 1.29 is 13.2 Å². The molecule has 0 saturated carbocycles. The molecule has 1 N–H and O–H groups in total. The first-order valence-corrected chi connectivity index (χ1v) is 10.5. The van der Waals surface area contributed by atoms with Crippen molar-refractivity contribution in [2.24, 2.45) is 0 Å². The first-order valence-electron chi connectivity index (χ1n) is 7.87. The van der Waals surface area contributed by atoms with Gasteiger partial charge < -0.3 is 5.32 Å². The predicted molar refractivity (Wildman–Crippen MR) is 106 cm³/mol. The van der Waals surface area contributed by atoms with Gasteiger partial charge >= 0.3 is 0 Å². The molecular weight excluding hydrogens is 395 g/mol. The number of carbonyl (C=O) groups is 1. The van der Waals surface area contributed by atoms with E-state index in [-0.39, 0.29) is 21.8 Å². The lowest BCUT2D eigenvalue weighted by atomic mass is 10.1. The largest absolute Gasteiger partial charge is 0.348 e. The lowest BCUT2D eigenvalue weighted by Crippen LogP contribution is -2.41. The summed E-state index contributed by atoms with van der Waals surface area (Å²) in [7, 11) is -3.73. The van der Waals surface area contributed by atoms with Crippen LogP contribution in [-0.4, -0.2) is 27.1 Å². The second kappa shape index (κ2) is 8.29. The molecule has 0 aliphatic rings. The number of benzene rings is 2. The summed E-state index contributed by atoms with van der Waals surface area (Å²) in [6.45, 7) is 3.42. The third-order valence-corrected chi connectivity index (χ3v) is 5.78. The Balaban J connectivity index is 2.19. The van der Waals surface area contributed by atoms with Crippen molar-refractivity contribution in [1.29, 1.82) is 0 Å². The zero-order valence-electron chi connectivity index (χ0n) is 14.7. The van der Waals surface area contributed by atoms with Gasteiger partial charge in [0.1, 0.15) is 6.54 Å². The molecule has 26 heavy (non-hydrogen) atoms. The van der Waals surface area contributed by atoms with Crippen LogP contribution in [0.4, 0.5) is 5.69 Å². The van der Waals surface area contributed by atoms with E-state index in [2.05, 4.69) is 5.32 Å². The van der Waals surface area contributed by atoms with Gasteiger partial charge in [-0.1, -0.05) is 59.1 Å². The van der Waals surface area contributed by atoms with Gasteiger partial charge in [0.05, 0.1) is 28.0 Å². The van der Waals surface area contributed by atoms with E-state index in [0.717, 1.165) is 21.7 Å². The number of carbonyl (C=O) groups excluding carboxylic acids is 1. The van der Waals surface area contributed by atoms with Gasteiger partial charge in [-0.15, -0.1) is 0 Å². The zero-order chi connectivity index (χ0) is 19.5. The van der Waals surface area contributed by atoms with E-state index in [1.807, 2.05) is 38.1 Å². The average molecular weight is 415 g/mol. The number of halogens is 2. The summed E-state index contributed by atoms with van der Waals surface area (Å²) in [4.78, 5) is 12.4. The molecule has 0 fully saturated rings. The molecule has 0 saturated heterocycles. The Morgan fingerprint density at radius 2 is 1.77 bits per heavy atom. The van der Waals surface area contributed by atoms with Gasteiger partial charge in [0.2, 0.25) is 15.9 Å².